The molecule has 5 nitrogen and oxygen atoms in total. The minimum Gasteiger partial charge on any atom is -0.494 e. The molecular weight excluding hydrogens is 424 g/mol. The molecule has 0 aliphatic heterocycles. The van der Waals surface area contributed by atoms with Crippen molar-refractivity contribution in [2.24, 2.45) is 0 Å². The number of rotatable bonds is 8. The zero-order valence-electron chi connectivity index (χ0n) is 19.4. The molecule has 0 saturated carbocycles. The van der Waals surface area contributed by atoms with Gasteiger partial charge in [0.05, 0.1) is 12.5 Å². The first-order valence-electron chi connectivity index (χ1n) is 11.4. The predicted molar refractivity (Wildman–Crippen MR) is 136 cm³/mol. The number of nitrogens with one attached hydrogen (secondary N) is 2. The van der Waals surface area contributed by atoms with Crippen molar-refractivity contribution in [3.8, 4) is 5.75 Å². The van der Waals surface area contributed by atoms with Crippen molar-refractivity contribution in [3.63, 3.8) is 0 Å². The van der Waals surface area contributed by atoms with Gasteiger partial charge in [-0.1, -0.05) is 60.7 Å². The Morgan fingerprint density at radius 1 is 0.882 bits per heavy atom. The normalized spacial score (nSPS) is 11.6. The summed E-state index contributed by atoms with van der Waals surface area (Å²) in [6, 6.07) is 28.7. The molecule has 4 aromatic rings. The lowest BCUT2D eigenvalue weighted by Gasteiger charge is -2.15. The van der Waals surface area contributed by atoms with Crippen molar-refractivity contribution in [2.75, 3.05) is 11.9 Å². The molecule has 0 aliphatic rings. The van der Waals surface area contributed by atoms with Gasteiger partial charge in [0, 0.05) is 17.8 Å². The van der Waals surface area contributed by atoms with Crippen LogP contribution in [0.15, 0.2) is 91.0 Å². The quantitative estimate of drug-likeness (QED) is 0.349. The van der Waals surface area contributed by atoms with E-state index >= 15 is 0 Å². The second-order valence-electron chi connectivity index (χ2n) is 8.12. The van der Waals surface area contributed by atoms with Crippen LogP contribution in [0.5, 0.6) is 5.75 Å². The molecule has 0 fully saturated rings. The molecule has 0 aromatic heterocycles. The monoisotopic (exact) mass is 452 g/mol. The van der Waals surface area contributed by atoms with Gasteiger partial charge in [0.2, 0.25) is 5.91 Å². The molecule has 172 valence electrons. The molecule has 4 aromatic carbocycles. The van der Waals surface area contributed by atoms with Crippen LogP contribution in [0.4, 0.5) is 5.69 Å². The molecule has 4 rings (SSSR count). The van der Waals surface area contributed by atoms with E-state index in [9.17, 15) is 9.59 Å². The molecule has 0 spiro atoms. The van der Waals surface area contributed by atoms with Crippen LogP contribution < -0.4 is 15.4 Å². The minimum absolute atomic E-state index is 0.0784. The average Bonchev–Trinajstić information content (AvgIpc) is 2.87. The number of fused-ring (bicyclic) bond motifs is 1. The van der Waals surface area contributed by atoms with Crippen LogP contribution in [0.25, 0.3) is 10.8 Å². The zero-order valence-corrected chi connectivity index (χ0v) is 19.4. The number of carbonyl (C=O) groups is 2. The second kappa shape index (κ2) is 10.7. The van der Waals surface area contributed by atoms with Crippen LogP contribution in [-0.2, 0) is 11.3 Å². The van der Waals surface area contributed by atoms with Crippen LogP contribution in [-0.4, -0.2) is 18.4 Å². The lowest BCUT2D eigenvalue weighted by atomic mass is 9.94. The Kier molecular flexibility index (Phi) is 7.23. The molecular formula is C29H28N2O3. The Bertz CT molecular complexity index is 1310. The number of benzene rings is 4. The Balaban J connectivity index is 1.41. The van der Waals surface area contributed by atoms with Gasteiger partial charge in [0.1, 0.15) is 5.75 Å². The molecule has 0 saturated heterocycles. The Labute approximate surface area is 199 Å². The first-order chi connectivity index (χ1) is 16.5. The largest absolute Gasteiger partial charge is 0.494 e. The van der Waals surface area contributed by atoms with E-state index in [-0.39, 0.29) is 17.7 Å². The third-order valence-corrected chi connectivity index (χ3v) is 5.74. The highest BCUT2D eigenvalue weighted by Gasteiger charge is 2.18. The van der Waals surface area contributed by atoms with E-state index in [2.05, 4.69) is 10.6 Å². The van der Waals surface area contributed by atoms with E-state index in [1.807, 2.05) is 86.6 Å². The minimum atomic E-state index is -0.313. The van der Waals surface area contributed by atoms with Gasteiger partial charge in [0.15, 0.2) is 0 Å². The zero-order chi connectivity index (χ0) is 23.9. The van der Waals surface area contributed by atoms with Crippen LogP contribution in [0, 0.1) is 0 Å². The number of anilines is 1. The number of carbonyl (C=O) groups excluding carboxylic acids is 2. The summed E-state index contributed by atoms with van der Waals surface area (Å²) < 4.78 is 5.47. The lowest BCUT2D eigenvalue weighted by Crippen LogP contribution is -2.23. The molecule has 0 aliphatic carbocycles. The molecule has 1 unspecified atom stereocenters. The van der Waals surface area contributed by atoms with Crippen molar-refractivity contribution in [1.82, 2.24) is 5.32 Å². The molecule has 1 atom stereocenters. The molecule has 2 amide bonds. The highest BCUT2D eigenvalue weighted by Crippen LogP contribution is 2.26. The maximum absolute atomic E-state index is 13.0. The van der Waals surface area contributed by atoms with Crippen LogP contribution in [0.3, 0.4) is 0 Å². The first-order valence-corrected chi connectivity index (χ1v) is 11.4. The smallest absolute Gasteiger partial charge is 0.251 e. The summed E-state index contributed by atoms with van der Waals surface area (Å²) in [6.07, 6.45) is 0. The van der Waals surface area contributed by atoms with Gasteiger partial charge in [0.25, 0.3) is 5.91 Å². The van der Waals surface area contributed by atoms with Gasteiger partial charge in [-0.2, -0.15) is 0 Å². The van der Waals surface area contributed by atoms with E-state index < -0.39 is 0 Å². The van der Waals surface area contributed by atoms with E-state index in [1.54, 1.807) is 18.2 Å². The molecule has 0 bridgehead atoms. The Morgan fingerprint density at radius 2 is 1.65 bits per heavy atom. The lowest BCUT2D eigenvalue weighted by molar-refractivity contribution is -0.117. The molecule has 34 heavy (non-hydrogen) atoms. The van der Waals surface area contributed by atoms with E-state index in [4.69, 9.17) is 4.74 Å². The topological polar surface area (TPSA) is 67.4 Å². The summed E-state index contributed by atoms with van der Waals surface area (Å²) in [4.78, 5) is 25.6. The van der Waals surface area contributed by atoms with Gasteiger partial charge in [-0.25, -0.2) is 0 Å². The van der Waals surface area contributed by atoms with Gasteiger partial charge >= 0.3 is 0 Å². The second-order valence-corrected chi connectivity index (χ2v) is 8.12. The molecule has 2 N–H and O–H groups in total. The highest BCUT2D eigenvalue weighted by atomic mass is 16.5. The van der Waals surface area contributed by atoms with E-state index in [0.29, 0.717) is 30.2 Å². The summed E-state index contributed by atoms with van der Waals surface area (Å²) in [6.45, 7) is 4.71. The van der Waals surface area contributed by atoms with Crippen molar-refractivity contribution in [3.05, 3.63) is 108 Å². The Morgan fingerprint density at radius 3 is 2.50 bits per heavy atom. The number of hydrogen-bond donors (Lipinski definition) is 2. The van der Waals surface area contributed by atoms with Crippen molar-refractivity contribution < 1.29 is 14.3 Å². The number of hydrogen-bond acceptors (Lipinski definition) is 3. The van der Waals surface area contributed by atoms with Gasteiger partial charge in [-0.3, -0.25) is 9.59 Å². The molecule has 0 radical (unpaired) electrons. The summed E-state index contributed by atoms with van der Waals surface area (Å²) in [7, 11) is 0. The average molecular weight is 453 g/mol. The van der Waals surface area contributed by atoms with Crippen molar-refractivity contribution in [2.45, 2.75) is 26.3 Å². The van der Waals surface area contributed by atoms with Crippen molar-refractivity contribution >= 4 is 28.3 Å². The SMILES string of the molecule is CCOc1cccc(C(=O)NCc2cccc(NC(=O)C(C)c3cccc4ccccc34)c2)c1. The fourth-order valence-corrected chi connectivity index (χ4v) is 3.96. The summed E-state index contributed by atoms with van der Waals surface area (Å²) in [5, 5.41) is 8.14. The third-order valence-electron chi connectivity index (χ3n) is 5.74. The summed E-state index contributed by atoms with van der Waals surface area (Å²) >= 11 is 0. The maximum atomic E-state index is 13.0. The van der Waals surface area contributed by atoms with Crippen molar-refractivity contribution in [1.29, 1.82) is 0 Å². The number of amides is 2. The van der Waals surface area contributed by atoms with Gasteiger partial charge in [-0.15, -0.1) is 0 Å². The van der Waals surface area contributed by atoms with Crippen LogP contribution >= 0.6 is 0 Å². The van der Waals surface area contributed by atoms with Crippen LogP contribution in [0.2, 0.25) is 0 Å². The molecule has 0 heterocycles. The van der Waals surface area contributed by atoms with Gasteiger partial charge < -0.3 is 15.4 Å². The Hall–Kier alpha value is -4.12. The summed E-state index contributed by atoms with van der Waals surface area (Å²) in [5.74, 6) is 0.0955. The van der Waals surface area contributed by atoms with E-state index in [1.165, 1.54) is 0 Å². The van der Waals surface area contributed by atoms with Crippen LogP contribution in [0.1, 0.15) is 41.3 Å². The summed E-state index contributed by atoms with van der Waals surface area (Å²) in [5.41, 5.74) is 3.12. The fourth-order valence-electron chi connectivity index (χ4n) is 3.96. The standard InChI is InChI=1S/C29H28N2O3/c1-3-34-25-14-7-12-23(18-25)29(33)30-19-21-9-6-13-24(17-21)31-28(32)20(2)26-16-8-11-22-10-4-5-15-27(22)26/h4-18,20H,3,19H2,1-2H3,(H,30,33)(H,31,32). The van der Waals surface area contributed by atoms with E-state index in [0.717, 1.165) is 21.9 Å². The fraction of sp³-hybridized carbons (Fsp3) is 0.172. The maximum Gasteiger partial charge on any atom is 0.251 e. The van der Waals surface area contributed by atoms with Gasteiger partial charge in [-0.05, 0) is 66.1 Å². The molecule has 5 heteroatoms. The highest BCUT2D eigenvalue weighted by molar-refractivity contribution is 5.99. The third kappa shape index (κ3) is 5.44. The number of ether oxygens (including phenoxy) is 1. The predicted octanol–water partition coefficient (Wildman–Crippen LogP) is 5.91. The first kappa shape index (κ1) is 23.1.